The number of pyridine rings is 1. The summed E-state index contributed by atoms with van der Waals surface area (Å²) in [5, 5.41) is 4.05. The van der Waals surface area contributed by atoms with Gasteiger partial charge in [-0.15, -0.1) is 0 Å². The lowest BCUT2D eigenvalue weighted by Crippen LogP contribution is -2.29. The first-order chi connectivity index (χ1) is 8.19. The molecule has 0 fully saturated rings. The third-order valence-corrected chi connectivity index (χ3v) is 2.74. The van der Waals surface area contributed by atoms with Crippen LogP contribution in [0.15, 0.2) is 24.5 Å². The summed E-state index contributed by atoms with van der Waals surface area (Å²) < 4.78 is 6.99. The molecule has 17 heavy (non-hydrogen) atoms. The lowest BCUT2D eigenvalue weighted by Gasteiger charge is -2.10. The number of ether oxygens (including phenoxy) is 1. The Morgan fingerprint density at radius 3 is 3.06 bits per heavy atom. The normalized spacial score (nSPS) is 13.1. The molecule has 1 atom stereocenters. The van der Waals surface area contributed by atoms with Gasteiger partial charge in [-0.2, -0.15) is 0 Å². The van der Waals surface area contributed by atoms with Crippen LogP contribution in [-0.4, -0.2) is 29.1 Å². The van der Waals surface area contributed by atoms with E-state index in [4.69, 9.17) is 16.3 Å². The first-order valence-corrected chi connectivity index (χ1v) is 5.92. The van der Waals surface area contributed by atoms with Gasteiger partial charge in [0.15, 0.2) is 0 Å². The molecule has 0 spiro atoms. The van der Waals surface area contributed by atoms with E-state index in [1.54, 1.807) is 7.11 Å². The van der Waals surface area contributed by atoms with Crippen LogP contribution in [0.2, 0.25) is 5.02 Å². The predicted octanol–water partition coefficient (Wildman–Crippen LogP) is 2.11. The van der Waals surface area contributed by atoms with Gasteiger partial charge in [-0.05, 0) is 19.1 Å². The minimum absolute atomic E-state index is 0.313. The molecular formula is C12H16ClN3O. The number of rotatable bonds is 5. The van der Waals surface area contributed by atoms with Gasteiger partial charge in [0, 0.05) is 32.1 Å². The maximum atomic E-state index is 5.92. The molecule has 1 N–H and O–H groups in total. The second-order valence-corrected chi connectivity index (χ2v) is 4.52. The largest absolute Gasteiger partial charge is 0.383 e. The zero-order chi connectivity index (χ0) is 12.3. The van der Waals surface area contributed by atoms with Gasteiger partial charge >= 0.3 is 0 Å². The van der Waals surface area contributed by atoms with Crippen LogP contribution >= 0.6 is 11.6 Å². The molecule has 1 unspecified atom stereocenters. The van der Waals surface area contributed by atoms with E-state index in [2.05, 4.69) is 17.2 Å². The first kappa shape index (κ1) is 12.4. The summed E-state index contributed by atoms with van der Waals surface area (Å²) in [6.07, 6.45) is 3.83. The number of methoxy groups -OCH3 is 1. The minimum Gasteiger partial charge on any atom is -0.383 e. The Kier molecular flexibility index (Phi) is 3.99. The molecule has 2 aromatic rings. The molecule has 0 aromatic carbocycles. The Bertz CT molecular complexity index is 497. The third-order valence-electron chi connectivity index (χ3n) is 2.51. The highest BCUT2D eigenvalue weighted by molar-refractivity contribution is 6.30. The van der Waals surface area contributed by atoms with Crippen LogP contribution in [0.4, 0.5) is 0 Å². The molecule has 0 saturated carbocycles. The number of aromatic nitrogens is 2. The molecule has 2 heterocycles. The Labute approximate surface area is 106 Å². The van der Waals surface area contributed by atoms with E-state index in [9.17, 15) is 0 Å². The van der Waals surface area contributed by atoms with E-state index in [1.165, 1.54) is 0 Å². The van der Waals surface area contributed by atoms with E-state index in [1.807, 2.05) is 28.9 Å². The molecule has 0 aliphatic heterocycles. The average molecular weight is 254 g/mol. The van der Waals surface area contributed by atoms with Crippen molar-refractivity contribution in [1.29, 1.82) is 0 Å². The van der Waals surface area contributed by atoms with Crippen molar-refractivity contribution in [2.45, 2.75) is 19.5 Å². The van der Waals surface area contributed by atoms with Crippen molar-refractivity contribution in [2.75, 3.05) is 13.7 Å². The van der Waals surface area contributed by atoms with Crippen molar-refractivity contribution in [3.05, 3.63) is 35.2 Å². The molecule has 0 radical (unpaired) electrons. The number of hydrogen-bond donors (Lipinski definition) is 1. The molecule has 4 nitrogen and oxygen atoms in total. The fraction of sp³-hybridized carbons (Fsp3) is 0.417. The second kappa shape index (κ2) is 5.49. The summed E-state index contributed by atoms with van der Waals surface area (Å²) >= 11 is 5.92. The van der Waals surface area contributed by atoms with Gasteiger partial charge in [-0.25, -0.2) is 4.98 Å². The molecule has 0 bridgehead atoms. The topological polar surface area (TPSA) is 38.6 Å². The van der Waals surface area contributed by atoms with Crippen molar-refractivity contribution in [3.8, 4) is 0 Å². The summed E-state index contributed by atoms with van der Waals surface area (Å²) in [7, 11) is 1.70. The van der Waals surface area contributed by atoms with Crippen molar-refractivity contribution < 1.29 is 4.74 Å². The van der Waals surface area contributed by atoms with Crippen LogP contribution in [0.25, 0.3) is 5.65 Å². The lowest BCUT2D eigenvalue weighted by atomic mass is 10.3. The fourth-order valence-electron chi connectivity index (χ4n) is 1.69. The molecule has 0 aliphatic rings. The quantitative estimate of drug-likeness (QED) is 0.887. The maximum absolute atomic E-state index is 5.92. The summed E-state index contributed by atoms with van der Waals surface area (Å²) in [6.45, 7) is 3.50. The lowest BCUT2D eigenvalue weighted by molar-refractivity contribution is 0.171. The Hall–Kier alpha value is -1.10. The predicted molar refractivity (Wildman–Crippen MR) is 68.4 cm³/mol. The first-order valence-electron chi connectivity index (χ1n) is 5.54. The monoisotopic (exact) mass is 253 g/mol. The summed E-state index contributed by atoms with van der Waals surface area (Å²) in [5.41, 5.74) is 1.90. The number of hydrogen-bond acceptors (Lipinski definition) is 3. The van der Waals surface area contributed by atoms with Crippen molar-refractivity contribution in [3.63, 3.8) is 0 Å². The second-order valence-electron chi connectivity index (χ2n) is 4.08. The molecule has 2 aromatic heterocycles. The average Bonchev–Trinajstić information content (AvgIpc) is 2.68. The zero-order valence-corrected chi connectivity index (χ0v) is 10.7. The van der Waals surface area contributed by atoms with Crippen LogP contribution in [0.1, 0.15) is 12.6 Å². The van der Waals surface area contributed by atoms with E-state index < -0.39 is 0 Å². The van der Waals surface area contributed by atoms with E-state index in [-0.39, 0.29) is 0 Å². The summed E-state index contributed by atoms with van der Waals surface area (Å²) in [4.78, 5) is 4.49. The van der Waals surface area contributed by atoms with Crippen molar-refractivity contribution >= 4 is 17.2 Å². The number of fused-ring (bicyclic) bond motifs is 1. The summed E-state index contributed by atoms with van der Waals surface area (Å²) in [5.74, 6) is 0. The Morgan fingerprint density at radius 1 is 1.47 bits per heavy atom. The highest BCUT2D eigenvalue weighted by atomic mass is 35.5. The van der Waals surface area contributed by atoms with Crippen LogP contribution in [-0.2, 0) is 11.3 Å². The van der Waals surface area contributed by atoms with E-state index >= 15 is 0 Å². The van der Waals surface area contributed by atoms with Gasteiger partial charge in [-0.3, -0.25) is 0 Å². The van der Waals surface area contributed by atoms with Gasteiger partial charge < -0.3 is 14.5 Å². The van der Waals surface area contributed by atoms with Gasteiger partial charge in [0.2, 0.25) is 0 Å². The zero-order valence-electron chi connectivity index (χ0n) is 9.98. The van der Waals surface area contributed by atoms with Gasteiger partial charge in [0.1, 0.15) is 5.65 Å². The van der Waals surface area contributed by atoms with Crippen LogP contribution in [0, 0.1) is 0 Å². The molecule has 5 heteroatoms. The van der Waals surface area contributed by atoms with Gasteiger partial charge in [-0.1, -0.05) is 11.6 Å². The SMILES string of the molecule is COCC(C)NCc1cn2cc(Cl)ccc2n1. The third kappa shape index (κ3) is 3.19. The molecule has 2 rings (SSSR count). The number of nitrogens with zero attached hydrogens (tertiary/aromatic N) is 2. The van der Waals surface area contributed by atoms with E-state index in [0.717, 1.165) is 17.9 Å². The van der Waals surface area contributed by atoms with Crippen molar-refractivity contribution in [2.24, 2.45) is 0 Å². The molecule has 0 aliphatic carbocycles. The Balaban J connectivity index is 2.04. The highest BCUT2D eigenvalue weighted by Gasteiger charge is 2.04. The molecular weight excluding hydrogens is 238 g/mol. The number of imidazole rings is 1. The standard InChI is InChI=1S/C12H16ClN3O/c1-9(8-17-2)14-5-11-7-16-6-10(13)3-4-12(16)15-11/h3-4,6-7,9,14H,5,8H2,1-2H3. The van der Waals surface area contributed by atoms with Crippen LogP contribution in [0.5, 0.6) is 0 Å². The highest BCUT2D eigenvalue weighted by Crippen LogP contribution is 2.11. The molecule has 0 saturated heterocycles. The molecule has 92 valence electrons. The number of nitrogens with one attached hydrogen (secondary N) is 1. The maximum Gasteiger partial charge on any atom is 0.137 e. The van der Waals surface area contributed by atoms with Crippen LogP contribution in [0.3, 0.4) is 0 Å². The number of halogens is 1. The molecule has 0 amide bonds. The summed E-state index contributed by atoms with van der Waals surface area (Å²) in [6, 6.07) is 4.06. The van der Waals surface area contributed by atoms with Gasteiger partial charge in [0.25, 0.3) is 0 Å². The van der Waals surface area contributed by atoms with Crippen molar-refractivity contribution in [1.82, 2.24) is 14.7 Å². The minimum atomic E-state index is 0.313. The fourth-order valence-corrected chi connectivity index (χ4v) is 1.86. The smallest absolute Gasteiger partial charge is 0.137 e. The van der Waals surface area contributed by atoms with Crippen LogP contribution < -0.4 is 5.32 Å². The van der Waals surface area contributed by atoms with Gasteiger partial charge in [0.05, 0.1) is 17.3 Å². The van der Waals surface area contributed by atoms with E-state index in [0.29, 0.717) is 17.7 Å². The Morgan fingerprint density at radius 2 is 2.29 bits per heavy atom.